The van der Waals surface area contributed by atoms with Crippen molar-refractivity contribution >= 4 is 40.2 Å². The van der Waals surface area contributed by atoms with E-state index in [9.17, 15) is 9.18 Å². The van der Waals surface area contributed by atoms with Crippen LogP contribution in [0.1, 0.15) is 11.3 Å². The Hall–Kier alpha value is -2.45. The monoisotopic (exact) mass is 361 g/mol. The molecule has 8 heteroatoms. The van der Waals surface area contributed by atoms with Gasteiger partial charge < -0.3 is 4.42 Å². The summed E-state index contributed by atoms with van der Waals surface area (Å²) < 4.78 is 18.7. The van der Waals surface area contributed by atoms with Crippen molar-refractivity contribution in [3.05, 3.63) is 65.9 Å². The summed E-state index contributed by atoms with van der Waals surface area (Å²) in [6.45, 7) is 0. The number of rotatable bonds is 6. The zero-order valence-corrected chi connectivity index (χ0v) is 13.9. The number of furan rings is 1. The van der Waals surface area contributed by atoms with Crippen molar-refractivity contribution in [2.24, 2.45) is 0 Å². The van der Waals surface area contributed by atoms with E-state index in [0.717, 1.165) is 9.90 Å². The lowest BCUT2D eigenvalue weighted by Crippen LogP contribution is -2.07. The van der Waals surface area contributed by atoms with Gasteiger partial charge in [0.25, 0.3) is 0 Å². The highest BCUT2D eigenvalue weighted by Crippen LogP contribution is 2.28. The zero-order chi connectivity index (χ0) is 16.8. The molecule has 0 atom stereocenters. The molecular weight excluding hydrogens is 349 g/mol. The summed E-state index contributed by atoms with van der Waals surface area (Å²) in [5, 5.41) is 11.0. The molecular formula is C16H12FN3O2S2. The molecule has 0 bridgehead atoms. The molecule has 0 saturated carbocycles. The van der Waals surface area contributed by atoms with E-state index in [2.05, 4.69) is 15.5 Å². The van der Waals surface area contributed by atoms with Gasteiger partial charge in [0.15, 0.2) is 4.34 Å². The van der Waals surface area contributed by atoms with Crippen LogP contribution >= 0.6 is 23.1 Å². The molecule has 1 aromatic carbocycles. The van der Waals surface area contributed by atoms with Crippen molar-refractivity contribution in [1.82, 2.24) is 10.2 Å². The van der Waals surface area contributed by atoms with Gasteiger partial charge in [-0.3, -0.25) is 10.1 Å². The Balaban J connectivity index is 1.51. The number of nitrogens with one attached hydrogen (secondary N) is 1. The van der Waals surface area contributed by atoms with Gasteiger partial charge in [0.2, 0.25) is 11.0 Å². The summed E-state index contributed by atoms with van der Waals surface area (Å²) in [6.07, 6.45) is 4.47. The quantitative estimate of drug-likeness (QED) is 0.405. The SMILES string of the molecule is O=C(/C=C/c1ccco1)Nc1nnc(SCc2ccc(F)cc2)s1. The van der Waals surface area contributed by atoms with Gasteiger partial charge in [0.05, 0.1) is 6.26 Å². The fraction of sp³-hybridized carbons (Fsp3) is 0.0625. The van der Waals surface area contributed by atoms with Gasteiger partial charge in [-0.25, -0.2) is 4.39 Å². The predicted octanol–water partition coefficient (Wildman–Crippen LogP) is 4.21. The van der Waals surface area contributed by atoms with Crippen LogP contribution in [0.15, 0.2) is 57.5 Å². The van der Waals surface area contributed by atoms with Gasteiger partial charge in [0, 0.05) is 11.8 Å². The summed E-state index contributed by atoms with van der Waals surface area (Å²) >= 11 is 2.76. The molecule has 1 N–H and O–H groups in total. The van der Waals surface area contributed by atoms with Crippen LogP contribution < -0.4 is 5.32 Å². The van der Waals surface area contributed by atoms with Crippen LogP contribution in [0, 0.1) is 5.82 Å². The third-order valence-corrected chi connectivity index (χ3v) is 4.90. The molecule has 5 nitrogen and oxygen atoms in total. The topological polar surface area (TPSA) is 68.0 Å². The average Bonchev–Trinajstić information content (AvgIpc) is 3.24. The first-order valence-corrected chi connectivity index (χ1v) is 8.72. The first-order chi connectivity index (χ1) is 11.7. The minimum Gasteiger partial charge on any atom is -0.465 e. The molecule has 3 rings (SSSR count). The fourth-order valence-corrected chi connectivity index (χ4v) is 3.45. The van der Waals surface area contributed by atoms with Crippen LogP contribution in [-0.2, 0) is 10.5 Å². The minimum atomic E-state index is -0.308. The molecule has 0 aliphatic carbocycles. The van der Waals surface area contributed by atoms with E-state index < -0.39 is 0 Å². The molecule has 0 spiro atoms. The van der Waals surface area contributed by atoms with E-state index in [1.807, 2.05) is 0 Å². The zero-order valence-electron chi connectivity index (χ0n) is 12.3. The third-order valence-electron chi connectivity index (χ3n) is 2.85. The number of anilines is 1. The minimum absolute atomic E-state index is 0.257. The maximum Gasteiger partial charge on any atom is 0.250 e. The van der Waals surface area contributed by atoms with Crippen molar-refractivity contribution in [2.75, 3.05) is 5.32 Å². The van der Waals surface area contributed by atoms with Crippen molar-refractivity contribution < 1.29 is 13.6 Å². The number of aromatic nitrogens is 2. The van der Waals surface area contributed by atoms with Crippen LogP contribution in [-0.4, -0.2) is 16.1 Å². The Morgan fingerprint density at radius 2 is 2.12 bits per heavy atom. The van der Waals surface area contributed by atoms with Gasteiger partial charge in [0.1, 0.15) is 11.6 Å². The summed E-state index contributed by atoms with van der Waals surface area (Å²) in [7, 11) is 0. The van der Waals surface area contributed by atoms with Gasteiger partial charge in [-0.05, 0) is 35.9 Å². The van der Waals surface area contributed by atoms with E-state index in [-0.39, 0.29) is 11.7 Å². The lowest BCUT2D eigenvalue weighted by molar-refractivity contribution is -0.111. The van der Waals surface area contributed by atoms with Crippen molar-refractivity contribution in [2.45, 2.75) is 10.1 Å². The summed E-state index contributed by atoms with van der Waals surface area (Å²) in [5.74, 6) is 0.684. The molecule has 0 aliphatic rings. The molecule has 0 saturated heterocycles. The highest BCUT2D eigenvalue weighted by molar-refractivity contribution is 8.00. The first kappa shape index (κ1) is 16.4. The molecule has 0 aliphatic heterocycles. The van der Waals surface area contributed by atoms with Crippen molar-refractivity contribution in [3.63, 3.8) is 0 Å². The first-order valence-electron chi connectivity index (χ1n) is 6.92. The van der Waals surface area contributed by atoms with Gasteiger partial charge in [-0.15, -0.1) is 10.2 Å². The Kier molecular flexibility index (Phi) is 5.39. The van der Waals surface area contributed by atoms with E-state index >= 15 is 0 Å². The van der Waals surface area contributed by atoms with Crippen LogP contribution in [0.25, 0.3) is 6.08 Å². The maximum absolute atomic E-state index is 12.8. The van der Waals surface area contributed by atoms with Crippen molar-refractivity contribution in [1.29, 1.82) is 0 Å². The molecule has 3 aromatic rings. The molecule has 0 fully saturated rings. The number of carbonyl (C=O) groups excluding carboxylic acids is 1. The van der Waals surface area contributed by atoms with Crippen LogP contribution in [0.5, 0.6) is 0 Å². The number of halogens is 1. The Morgan fingerprint density at radius 1 is 1.29 bits per heavy atom. The molecule has 1 amide bonds. The average molecular weight is 361 g/mol. The maximum atomic E-state index is 12.8. The number of hydrogen-bond acceptors (Lipinski definition) is 6. The van der Waals surface area contributed by atoms with E-state index in [1.165, 1.54) is 47.6 Å². The van der Waals surface area contributed by atoms with E-state index in [4.69, 9.17) is 4.42 Å². The van der Waals surface area contributed by atoms with Crippen LogP contribution in [0.3, 0.4) is 0 Å². The van der Waals surface area contributed by atoms with Gasteiger partial charge >= 0.3 is 0 Å². The smallest absolute Gasteiger partial charge is 0.250 e. The lowest BCUT2D eigenvalue weighted by atomic mass is 10.2. The number of hydrogen-bond donors (Lipinski definition) is 1. The Bertz CT molecular complexity index is 829. The van der Waals surface area contributed by atoms with Crippen LogP contribution in [0.4, 0.5) is 9.52 Å². The summed E-state index contributed by atoms with van der Waals surface area (Å²) in [6, 6.07) is 9.79. The highest BCUT2D eigenvalue weighted by atomic mass is 32.2. The molecule has 24 heavy (non-hydrogen) atoms. The second-order valence-corrected chi connectivity index (χ2v) is 6.83. The summed E-state index contributed by atoms with van der Waals surface area (Å²) in [5.41, 5.74) is 0.989. The van der Waals surface area contributed by atoms with Crippen molar-refractivity contribution in [3.8, 4) is 0 Å². The number of benzene rings is 1. The van der Waals surface area contributed by atoms with E-state index in [0.29, 0.717) is 16.6 Å². The summed E-state index contributed by atoms with van der Waals surface area (Å²) in [4.78, 5) is 11.8. The van der Waals surface area contributed by atoms with E-state index in [1.54, 1.807) is 30.3 Å². The molecule has 0 unspecified atom stereocenters. The molecule has 0 radical (unpaired) electrons. The fourth-order valence-electron chi connectivity index (χ4n) is 1.74. The highest BCUT2D eigenvalue weighted by Gasteiger charge is 2.07. The standard InChI is InChI=1S/C16H12FN3O2S2/c17-12-5-3-11(4-6-12)10-23-16-20-19-15(24-16)18-14(21)8-7-13-2-1-9-22-13/h1-9H,10H2,(H,18,19,21)/b8-7+. The van der Waals surface area contributed by atoms with Gasteiger partial charge in [-0.2, -0.15) is 0 Å². The Morgan fingerprint density at radius 3 is 2.88 bits per heavy atom. The number of thioether (sulfide) groups is 1. The molecule has 2 aromatic heterocycles. The number of nitrogens with zero attached hydrogens (tertiary/aromatic N) is 2. The predicted molar refractivity (Wildman–Crippen MR) is 92.2 cm³/mol. The number of amides is 1. The third kappa shape index (κ3) is 4.77. The Labute approximate surface area is 145 Å². The largest absolute Gasteiger partial charge is 0.465 e. The normalized spacial score (nSPS) is 11.0. The molecule has 122 valence electrons. The molecule has 2 heterocycles. The van der Waals surface area contributed by atoms with Crippen LogP contribution in [0.2, 0.25) is 0 Å². The lowest BCUT2D eigenvalue weighted by Gasteiger charge is -1.97. The second-order valence-electron chi connectivity index (χ2n) is 4.63. The number of carbonyl (C=O) groups is 1. The second kappa shape index (κ2) is 7.89. The van der Waals surface area contributed by atoms with Gasteiger partial charge in [-0.1, -0.05) is 35.2 Å².